The number of aliphatic hydroxyl groups is 1. The van der Waals surface area contributed by atoms with E-state index in [-0.39, 0.29) is 34.5 Å². The number of aliphatic hydroxyl groups excluding tert-OH is 1. The number of ether oxygens (including phenoxy) is 3. The predicted molar refractivity (Wildman–Crippen MR) is 171 cm³/mol. The first kappa shape index (κ1) is 30.5. The number of benzene rings is 2. The Balaban J connectivity index is 1.51. The van der Waals surface area contributed by atoms with Crippen LogP contribution < -0.4 is 14.4 Å². The summed E-state index contributed by atoms with van der Waals surface area (Å²) in [4.78, 5) is 50.8. The number of rotatable bonds is 9. The summed E-state index contributed by atoms with van der Waals surface area (Å²) in [5.41, 5.74) is 2.89. The predicted octanol–water partition coefficient (Wildman–Crippen LogP) is 5.80. The molecule has 1 aliphatic heterocycles. The van der Waals surface area contributed by atoms with Gasteiger partial charge in [-0.15, -0.1) is 0 Å². The van der Waals surface area contributed by atoms with E-state index in [2.05, 4.69) is 9.97 Å². The molecule has 1 unspecified atom stereocenters. The number of aryl methyl sites for hydroxylation is 2. The number of methoxy groups -OCH3 is 1. The maximum absolute atomic E-state index is 13.9. The molecule has 4 heterocycles. The molecule has 46 heavy (non-hydrogen) atoms. The summed E-state index contributed by atoms with van der Waals surface area (Å²) < 4.78 is 18.6. The largest absolute Gasteiger partial charge is 0.505 e. The van der Waals surface area contributed by atoms with Gasteiger partial charge in [-0.1, -0.05) is 53.8 Å². The van der Waals surface area contributed by atoms with E-state index >= 15 is 0 Å². The number of Topliss-reactive ketones (excluding diaryl/α,β-unsaturated/α-hetero) is 1. The Hall–Kier alpha value is -5.49. The second-order valence-corrected chi connectivity index (χ2v) is 11.4. The Morgan fingerprint density at radius 1 is 0.978 bits per heavy atom. The molecule has 234 valence electrons. The van der Waals surface area contributed by atoms with E-state index in [0.717, 1.165) is 16.9 Å². The Labute approximate surface area is 268 Å². The quantitative estimate of drug-likeness (QED) is 0.0921. The number of thiazole rings is 1. The van der Waals surface area contributed by atoms with E-state index in [1.54, 1.807) is 61.7 Å². The molecular weight excluding hydrogens is 608 g/mol. The molecule has 5 aromatic rings. The van der Waals surface area contributed by atoms with Crippen molar-refractivity contribution in [2.75, 3.05) is 18.6 Å². The number of fused-ring (bicyclic) bond motifs is 1. The van der Waals surface area contributed by atoms with Crippen LogP contribution in [0.5, 0.6) is 11.5 Å². The highest BCUT2D eigenvalue weighted by Gasteiger charge is 2.49. The zero-order chi connectivity index (χ0) is 32.5. The smallest absolute Gasteiger partial charge is 0.350 e. The topological polar surface area (TPSA) is 133 Å². The fraction of sp³-hybridized carbons (Fsp3) is 0.206. The van der Waals surface area contributed by atoms with Gasteiger partial charge in [-0.05, 0) is 56.2 Å². The van der Waals surface area contributed by atoms with Crippen LogP contribution in [0.2, 0.25) is 0 Å². The number of ketones is 1. The number of hydrogen-bond acceptors (Lipinski definition) is 10. The Bertz CT molecular complexity index is 2010. The van der Waals surface area contributed by atoms with Gasteiger partial charge >= 0.3 is 11.9 Å². The average Bonchev–Trinajstić information content (AvgIpc) is 3.70. The van der Waals surface area contributed by atoms with Gasteiger partial charge in [-0.2, -0.15) is 0 Å². The van der Waals surface area contributed by atoms with Gasteiger partial charge in [-0.25, -0.2) is 14.8 Å². The van der Waals surface area contributed by atoms with Crippen molar-refractivity contribution in [1.29, 1.82) is 0 Å². The lowest BCUT2D eigenvalue weighted by Crippen LogP contribution is -2.29. The molecule has 12 heteroatoms. The number of imidazole rings is 1. The molecule has 1 saturated heterocycles. The molecular formula is C34H30N4O7S. The van der Waals surface area contributed by atoms with Gasteiger partial charge in [0.25, 0.3) is 5.78 Å². The average molecular weight is 639 g/mol. The van der Waals surface area contributed by atoms with E-state index in [1.165, 1.54) is 12.0 Å². The molecule has 3 aromatic heterocycles. The van der Waals surface area contributed by atoms with Crippen molar-refractivity contribution in [3.63, 3.8) is 0 Å². The molecule has 1 aliphatic rings. The summed E-state index contributed by atoms with van der Waals surface area (Å²) in [5.74, 6) is -2.01. The first-order chi connectivity index (χ1) is 22.2. The lowest BCUT2D eigenvalue weighted by molar-refractivity contribution is -0.132. The maximum Gasteiger partial charge on any atom is 0.350 e. The van der Waals surface area contributed by atoms with Gasteiger partial charge in [0, 0.05) is 6.20 Å². The summed E-state index contributed by atoms with van der Waals surface area (Å²) in [5, 5.41) is 12.0. The van der Waals surface area contributed by atoms with E-state index in [1.807, 2.05) is 36.4 Å². The van der Waals surface area contributed by atoms with Gasteiger partial charge in [0.2, 0.25) is 0 Å². The molecule has 2 aromatic carbocycles. The molecule has 11 nitrogen and oxygen atoms in total. The van der Waals surface area contributed by atoms with Crippen LogP contribution in [0.4, 0.5) is 5.13 Å². The van der Waals surface area contributed by atoms with Crippen LogP contribution in [0.25, 0.3) is 11.4 Å². The molecule has 1 amide bonds. The third-order valence-corrected chi connectivity index (χ3v) is 8.70. The summed E-state index contributed by atoms with van der Waals surface area (Å²) in [6.07, 6.45) is 1.72. The monoisotopic (exact) mass is 638 g/mol. The molecule has 0 aliphatic carbocycles. The molecule has 1 N–H and O–H groups in total. The normalized spacial score (nSPS) is 15.8. The third kappa shape index (κ3) is 5.36. The molecule has 0 spiro atoms. The van der Waals surface area contributed by atoms with Gasteiger partial charge in [-0.3, -0.25) is 18.9 Å². The van der Waals surface area contributed by atoms with Gasteiger partial charge in [0.1, 0.15) is 22.8 Å². The highest BCUT2D eigenvalue weighted by atomic mass is 32.1. The van der Waals surface area contributed by atoms with Crippen molar-refractivity contribution in [2.24, 2.45) is 0 Å². The van der Waals surface area contributed by atoms with Crippen molar-refractivity contribution in [2.45, 2.75) is 33.4 Å². The van der Waals surface area contributed by atoms with E-state index in [4.69, 9.17) is 14.2 Å². The lowest BCUT2D eigenvalue weighted by Gasteiger charge is -2.24. The van der Waals surface area contributed by atoms with E-state index in [0.29, 0.717) is 34.1 Å². The number of anilines is 1. The SMILES string of the molecule is CCOC(=O)c1sc(N2C(=O)C(=O)/C(=C(/O)c3c(C)nc4ccccn34)C2c2ccc(OCc3ccccc3)c(OC)c2)nc1C. The molecule has 1 atom stereocenters. The van der Waals surface area contributed by atoms with Gasteiger partial charge < -0.3 is 19.3 Å². The first-order valence-electron chi connectivity index (χ1n) is 14.5. The fourth-order valence-electron chi connectivity index (χ4n) is 5.45. The van der Waals surface area contributed by atoms with Gasteiger partial charge in [0.05, 0.1) is 36.7 Å². The Morgan fingerprint density at radius 3 is 2.48 bits per heavy atom. The minimum atomic E-state index is -1.13. The zero-order valence-electron chi connectivity index (χ0n) is 25.5. The molecule has 6 rings (SSSR count). The van der Waals surface area contributed by atoms with Crippen LogP contribution in [0, 0.1) is 13.8 Å². The van der Waals surface area contributed by atoms with Crippen molar-refractivity contribution in [1.82, 2.24) is 14.4 Å². The number of nitrogens with zero attached hydrogens (tertiary/aromatic N) is 4. The summed E-state index contributed by atoms with van der Waals surface area (Å²) in [7, 11) is 1.49. The molecule has 1 fully saturated rings. The van der Waals surface area contributed by atoms with Crippen molar-refractivity contribution in [3.05, 3.63) is 112 Å². The number of pyridine rings is 1. The highest BCUT2D eigenvalue weighted by Crippen LogP contribution is 2.46. The minimum absolute atomic E-state index is 0.102. The van der Waals surface area contributed by atoms with Crippen molar-refractivity contribution >= 4 is 45.5 Å². The maximum atomic E-state index is 13.9. The number of amides is 1. The summed E-state index contributed by atoms with van der Waals surface area (Å²) >= 11 is 0.934. The molecule has 0 saturated carbocycles. The van der Waals surface area contributed by atoms with Crippen LogP contribution in [-0.2, 0) is 20.9 Å². The number of hydrogen-bond donors (Lipinski definition) is 1. The van der Waals surface area contributed by atoms with Crippen molar-refractivity contribution < 1.29 is 33.7 Å². The Morgan fingerprint density at radius 2 is 1.74 bits per heavy atom. The number of carbonyl (C=O) groups is 3. The lowest BCUT2D eigenvalue weighted by atomic mass is 9.96. The molecule has 0 radical (unpaired) electrons. The van der Waals surface area contributed by atoms with Crippen LogP contribution >= 0.6 is 11.3 Å². The van der Waals surface area contributed by atoms with Gasteiger partial charge in [0.15, 0.2) is 22.4 Å². The van der Waals surface area contributed by atoms with E-state index < -0.39 is 29.5 Å². The summed E-state index contributed by atoms with van der Waals surface area (Å²) in [6, 6.07) is 18.9. The number of aromatic nitrogens is 3. The minimum Gasteiger partial charge on any atom is -0.505 e. The Kier molecular flexibility index (Phi) is 8.29. The van der Waals surface area contributed by atoms with Crippen LogP contribution in [0.1, 0.15) is 50.8 Å². The van der Waals surface area contributed by atoms with E-state index in [9.17, 15) is 19.5 Å². The summed E-state index contributed by atoms with van der Waals surface area (Å²) in [6.45, 7) is 5.48. The second kappa shape index (κ2) is 12.5. The first-order valence-corrected chi connectivity index (χ1v) is 15.3. The van der Waals surface area contributed by atoms with Crippen LogP contribution in [0.3, 0.4) is 0 Å². The van der Waals surface area contributed by atoms with Crippen LogP contribution in [-0.4, -0.2) is 50.9 Å². The highest BCUT2D eigenvalue weighted by molar-refractivity contribution is 7.17. The second-order valence-electron chi connectivity index (χ2n) is 10.5. The van der Waals surface area contributed by atoms with Crippen molar-refractivity contribution in [3.8, 4) is 11.5 Å². The van der Waals surface area contributed by atoms with Crippen LogP contribution in [0.15, 0.2) is 78.5 Å². The number of esters is 1. The zero-order valence-corrected chi connectivity index (χ0v) is 26.3. The molecule has 0 bridgehead atoms. The third-order valence-electron chi connectivity index (χ3n) is 7.57. The standard InChI is InChI=1S/C34H30N4O7S/c1-5-44-33(42)31-20(3)36-34(46-31)38-28(22-14-15-23(24(17-22)43-4)45-18-21-11-7-6-8-12-21)26(30(40)32(38)41)29(39)27-19(2)35-25-13-9-10-16-37(25)27/h6-17,28,39H,5,18H2,1-4H3/b29-26+. The fourth-order valence-corrected chi connectivity index (χ4v) is 6.44. The number of carbonyl (C=O) groups excluding carboxylic acids is 3.